The molecule has 0 saturated heterocycles. The van der Waals surface area contributed by atoms with Gasteiger partial charge in [-0.25, -0.2) is 15.0 Å². The molecule has 0 N–H and O–H groups in total. The zero-order chi connectivity index (χ0) is 43.3. The molecule has 0 amide bonds. The Bertz CT molecular complexity index is 3300. The average molecular weight is 616 g/mol. The molecule has 2 aromatic heterocycles. The van der Waals surface area contributed by atoms with Crippen LogP contribution in [0.25, 0.3) is 89.1 Å². The van der Waals surface area contributed by atoms with Gasteiger partial charge < -0.3 is 4.42 Å². The van der Waals surface area contributed by atoms with Crippen molar-refractivity contribution >= 4 is 32.7 Å². The molecule has 0 fully saturated rings. The van der Waals surface area contributed by atoms with Gasteiger partial charge >= 0.3 is 0 Å². The van der Waals surface area contributed by atoms with Crippen LogP contribution >= 0.6 is 0 Å². The molecule has 0 aliphatic heterocycles. The first-order chi connectivity index (χ1) is 29.1. The zero-order valence-corrected chi connectivity index (χ0v) is 24.3. The normalized spacial score (nSPS) is 15.6. The molecule has 4 nitrogen and oxygen atoms in total. The molecule has 47 heavy (non-hydrogen) atoms. The van der Waals surface area contributed by atoms with Crippen LogP contribution in [0.3, 0.4) is 0 Å². The van der Waals surface area contributed by atoms with Crippen molar-refractivity contribution < 1.29 is 23.6 Å². The van der Waals surface area contributed by atoms with Crippen LogP contribution in [-0.4, -0.2) is 15.0 Å². The minimum Gasteiger partial charge on any atom is -0.456 e. The van der Waals surface area contributed by atoms with Gasteiger partial charge in [0.1, 0.15) is 11.2 Å². The second-order valence-corrected chi connectivity index (χ2v) is 10.6. The first-order valence-corrected chi connectivity index (χ1v) is 14.5. The Labute approximate surface area is 291 Å². The molecule has 0 bridgehead atoms. The Morgan fingerprint density at radius 2 is 0.979 bits per heavy atom. The molecule has 0 spiro atoms. The number of para-hydroxylation sites is 1. The van der Waals surface area contributed by atoms with Gasteiger partial charge in [0.05, 0.1) is 19.2 Å². The summed E-state index contributed by atoms with van der Waals surface area (Å²) in [6.45, 7) is 0. The smallest absolute Gasteiger partial charge is 0.164 e. The monoisotopic (exact) mass is 615 g/mol. The van der Waals surface area contributed by atoms with Gasteiger partial charge in [-0.05, 0) is 57.3 Å². The Kier molecular flexibility index (Phi) is 3.87. The minimum atomic E-state index is -0.644. The quantitative estimate of drug-likeness (QED) is 0.193. The van der Waals surface area contributed by atoms with Crippen molar-refractivity contribution in [2.24, 2.45) is 0 Å². The summed E-state index contributed by atoms with van der Waals surface area (Å²) in [5.41, 5.74) is 1.56. The first kappa shape index (κ1) is 16.3. The van der Waals surface area contributed by atoms with Crippen LogP contribution in [0.5, 0.6) is 0 Å². The second kappa shape index (κ2) is 11.2. The maximum atomic E-state index is 9.26. The lowest BCUT2D eigenvalue weighted by Gasteiger charge is -2.10. The maximum absolute atomic E-state index is 9.26. The molecule has 7 aromatic carbocycles. The summed E-state index contributed by atoms with van der Waals surface area (Å²) in [4.78, 5) is 13.7. The standard InChI is InChI=1S/C43H27N3O/c1-3-10-28(11-4-1)32-22-23-34-27-35(25-24-33(34)26-32)43-45-41(30-12-5-2-6-13-30)44-42(46-43)31-20-18-29(19-21-31)36-15-9-17-39-40(36)37-14-7-8-16-38(37)47-39/h1-27H/i1D,2D,3D,4D,5D,6D,10D,11D,12D,13D,18D,19D,20D,21D. The van der Waals surface area contributed by atoms with Crippen LogP contribution in [0.4, 0.5) is 0 Å². The lowest BCUT2D eigenvalue weighted by atomic mass is 9.98. The van der Waals surface area contributed by atoms with Gasteiger partial charge in [-0.15, -0.1) is 0 Å². The highest BCUT2D eigenvalue weighted by Crippen LogP contribution is 2.37. The molecule has 0 saturated carbocycles. The summed E-state index contributed by atoms with van der Waals surface area (Å²) in [6.07, 6.45) is 0. The maximum Gasteiger partial charge on any atom is 0.164 e. The lowest BCUT2D eigenvalue weighted by molar-refractivity contribution is 0.669. The number of hydrogen-bond acceptors (Lipinski definition) is 4. The molecule has 9 rings (SSSR count). The highest BCUT2D eigenvalue weighted by atomic mass is 16.3. The molecule has 220 valence electrons. The predicted octanol–water partition coefficient (Wildman–Crippen LogP) is 11.3. The zero-order valence-electron chi connectivity index (χ0n) is 38.3. The van der Waals surface area contributed by atoms with E-state index < -0.39 is 72.5 Å². The molecule has 0 aliphatic carbocycles. The summed E-state index contributed by atoms with van der Waals surface area (Å²) in [7, 11) is 0. The number of rotatable bonds is 5. The number of nitrogens with zero attached hydrogens (tertiary/aromatic N) is 3. The third kappa shape index (κ3) is 4.93. The number of furan rings is 1. The van der Waals surface area contributed by atoms with Crippen molar-refractivity contribution in [2.75, 3.05) is 0 Å². The van der Waals surface area contributed by atoms with Gasteiger partial charge in [-0.3, -0.25) is 0 Å². The molecular formula is C43H27N3O. The SMILES string of the molecule is [2H]c1c([2H])c([2H])c(-c2ccc3cc(-c4nc(-c5c([2H])c([2H])c([2H])c([2H])c5[2H])nc(-c5c([2H])c([2H])c(-c6cccc7oc8ccccc8c67)c([2H])c5[2H])n4)ccc3c2)c([2H])c1[2H]. The van der Waals surface area contributed by atoms with E-state index in [2.05, 4.69) is 15.0 Å². The van der Waals surface area contributed by atoms with Gasteiger partial charge in [0.2, 0.25) is 0 Å². The van der Waals surface area contributed by atoms with Gasteiger partial charge in [-0.1, -0.05) is 139 Å². The second-order valence-electron chi connectivity index (χ2n) is 10.6. The van der Waals surface area contributed by atoms with E-state index in [-0.39, 0.29) is 51.8 Å². The molecular weight excluding hydrogens is 574 g/mol. The molecule has 2 heterocycles. The van der Waals surface area contributed by atoms with Gasteiger partial charge in [0, 0.05) is 27.5 Å². The topological polar surface area (TPSA) is 51.8 Å². The highest BCUT2D eigenvalue weighted by Gasteiger charge is 2.15. The fourth-order valence-electron chi connectivity index (χ4n) is 5.57. The fourth-order valence-corrected chi connectivity index (χ4v) is 5.57. The van der Waals surface area contributed by atoms with E-state index in [0.29, 0.717) is 44.0 Å². The van der Waals surface area contributed by atoms with Crippen LogP contribution in [0.15, 0.2) is 168 Å². The largest absolute Gasteiger partial charge is 0.456 e. The van der Waals surface area contributed by atoms with E-state index in [1.54, 1.807) is 60.7 Å². The molecule has 9 aromatic rings. The van der Waals surface area contributed by atoms with E-state index in [1.807, 2.05) is 18.2 Å². The van der Waals surface area contributed by atoms with Crippen molar-refractivity contribution in [2.45, 2.75) is 0 Å². The van der Waals surface area contributed by atoms with Crippen molar-refractivity contribution in [3.8, 4) is 56.4 Å². The van der Waals surface area contributed by atoms with E-state index in [9.17, 15) is 5.48 Å². The third-order valence-corrected chi connectivity index (χ3v) is 7.77. The number of hydrogen-bond donors (Lipinski definition) is 0. The molecule has 0 aliphatic rings. The van der Waals surface area contributed by atoms with Gasteiger partial charge in [0.15, 0.2) is 17.5 Å². The number of benzene rings is 7. The van der Waals surface area contributed by atoms with Crippen LogP contribution in [-0.2, 0) is 0 Å². The Morgan fingerprint density at radius 3 is 1.70 bits per heavy atom. The van der Waals surface area contributed by atoms with Crippen LogP contribution in [0, 0.1) is 0 Å². The van der Waals surface area contributed by atoms with Crippen molar-refractivity contribution in [1.82, 2.24) is 15.0 Å². The summed E-state index contributed by atoms with van der Waals surface area (Å²) < 4.78 is 126. The fraction of sp³-hybridized carbons (Fsp3) is 0. The first-order valence-electron chi connectivity index (χ1n) is 21.5. The minimum absolute atomic E-state index is 0.00790. The van der Waals surface area contributed by atoms with E-state index in [1.165, 1.54) is 0 Å². The predicted molar refractivity (Wildman–Crippen MR) is 192 cm³/mol. The van der Waals surface area contributed by atoms with Crippen LogP contribution in [0.1, 0.15) is 19.2 Å². The van der Waals surface area contributed by atoms with Crippen molar-refractivity contribution in [3.05, 3.63) is 163 Å². The van der Waals surface area contributed by atoms with Gasteiger partial charge in [0.25, 0.3) is 0 Å². The molecule has 0 unspecified atom stereocenters. The van der Waals surface area contributed by atoms with E-state index in [0.717, 1.165) is 5.39 Å². The Morgan fingerprint density at radius 1 is 0.426 bits per heavy atom. The third-order valence-electron chi connectivity index (χ3n) is 7.77. The molecule has 0 radical (unpaired) electrons. The van der Waals surface area contributed by atoms with E-state index >= 15 is 0 Å². The van der Waals surface area contributed by atoms with Crippen molar-refractivity contribution in [3.63, 3.8) is 0 Å². The summed E-state index contributed by atoms with van der Waals surface area (Å²) in [5.74, 6) is -0.804. The Balaban J connectivity index is 1.25. The summed E-state index contributed by atoms with van der Waals surface area (Å²) in [5, 5.41) is 2.55. The van der Waals surface area contributed by atoms with Crippen LogP contribution in [0.2, 0.25) is 0 Å². The highest BCUT2D eigenvalue weighted by molar-refractivity contribution is 6.12. The average Bonchev–Trinajstić information content (AvgIpc) is 3.65. The molecule has 4 heteroatoms. The number of fused-ring (bicyclic) bond motifs is 4. The molecule has 0 atom stereocenters. The number of aromatic nitrogens is 3. The van der Waals surface area contributed by atoms with Crippen molar-refractivity contribution in [1.29, 1.82) is 0 Å². The summed E-state index contributed by atoms with van der Waals surface area (Å²) >= 11 is 0. The summed E-state index contributed by atoms with van der Waals surface area (Å²) in [6, 6.07) is 15.3. The van der Waals surface area contributed by atoms with E-state index in [4.69, 9.17) is 18.1 Å². The Hall–Kier alpha value is -6.39. The van der Waals surface area contributed by atoms with Gasteiger partial charge in [-0.2, -0.15) is 0 Å². The lowest BCUT2D eigenvalue weighted by Crippen LogP contribution is -2.00. The van der Waals surface area contributed by atoms with Crippen LogP contribution < -0.4 is 0 Å².